The average molecular weight is 262 g/mol. The summed E-state index contributed by atoms with van der Waals surface area (Å²) < 4.78 is 5.42. The molecule has 0 aromatic heterocycles. The minimum absolute atomic E-state index is 0.683. The SMILES string of the molecule is COc1c(C)cc(C2(C(=O)O)CCCC2)c(C)c1C. The Labute approximate surface area is 114 Å². The molecule has 0 radical (unpaired) electrons. The molecule has 0 aliphatic heterocycles. The molecule has 104 valence electrons. The van der Waals surface area contributed by atoms with Crippen molar-refractivity contribution in [2.45, 2.75) is 51.9 Å². The molecule has 0 bridgehead atoms. The fourth-order valence-electron chi connectivity index (χ4n) is 3.45. The third-order valence-electron chi connectivity index (χ3n) is 4.61. The number of benzene rings is 1. The smallest absolute Gasteiger partial charge is 0.314 e. The van der Waals surface area contributed by atoms with Gasteiger partial charge in [0.25, 0.3) is 0 Å². The molecule has 0 unspecified atom stereocenters. The molecule has 0 atom stereocenters. The Kier molecular flexibility index (Phi) is 3.57. The lowest BCUT2D eigenvalue weighted by Gasteiger charge is -2.28. The molecule has 3 heteroatoms. The molecule has 0 spiro atoms. The third kappa shape index (κ3) is 2.01. The third-order valence-corrected chi connectivity index (χ3v) is 4.61. The Bertz CT molecular complexity index is 511. The average Bonchev–Trinajstić information content (AvgIpc) is 2.85. The van der Waals surface area contributed by atoms with Crippen molar-refractivity contribution in [3.05, 3.63) is 28.3 Å². The van der Waals surface area contributed by atoms with E-state index in [2.05, 4.69) is 0 Å². The molecular weight excluding hydrogens is 240 g/mol. The fraction of sp³-hybridized carbons (Fsp3) is 0.562. The summed E-state index contributed by atoms with van der Waals surface area (Å²) in [5, 5.41) is 9.72. The second-order valence-electron chi connectivity index (χ2n) is 5.62. The Hall–Kier alpha value is -1.51. The molecule has 1 aromatic rings. The zero-order chi connectivity index (χ0) is 14.2. The maximum absolute atomic E-state index is 11.8. The molecular formula is C16H22O3. The predicted molar refractivity (Wildman–Crippen MR) is 75.0 cm³/mol. The zero-order valence-corrected chi connectivity index (χ0v) is 12.2. The van der Waals surface area contributed by atoms with E-state index in [1.54, 1.807) is 7.11 Å². The molecule has 2 rings (SSSR count). The van der Waals surface area contributed by atoms with Crippen LogP contribution in [0.25, 0.3) is 0 Å². The van der Waals surface area contributed by atoms with Crippen LogP contribution in [0.15, 0.2) is 6.07 Å². The lowest BCUT2D eigenvalue weighted by atomic mass is 9.75. The molecule has 1 saturated carbocycles. The summed E-state index contributed by atoms with van der Waals surface area (Å²) in [6, 6.07) is 2.01. The van der Waals surface area contributed by atoms with Gasteiger partial charge in [-0.25, -0.2) is 0 Å². The first-order valence-corrected chi connectivity index (χ1v) is 6.82. The summed E-state index contributed by atoms with van der Waals surface area (Å²) in [5.74, 6) is 0.192. The van der Waals surface area contributed by atoms with Gasteiger partial charge in [0.2, 0.25) is 0 Å². The molecule has 3 nitrogen and oxygen atoms in total. The van der Waals surface area contributed by atoms with Crippen molar-refractivity contribution in [2.75, 3.05) is 7.11 Å². The number of hydrogen-bond acceptors (Lipinski definition) is 2. The van der Waals surface area contributed by atoms with Gasteiger partial charge in [-0.05, 0) is 55.9 Å². The second-order valence-corrected chi connectivity index (χ2v) is 5.62. The normalized spacial score (nSPS) is 17.5. The maximum atomic E-state index is 11.8. The van der Waals surface area contributed by atoms with E-state index in [1.807, 2.05) is 26.8 Å². The summed E-state index contributed by atoms with van der Waals surface area (Å²) in [5.41, 5.74) is 3.43. The lowest BCUT2D eigenvalue weighted by Crippen LogP contribution is -2.33. The molecule has 19 heavy (non-hydrogen) atoms. The quantitative estimate of drug-likeness (QED) is 0.906. The number of carboxylic acids is 1. The van der Waals surface area contributed by atoms with E-state index < -0.39 is 11.4 Å². The van der Waals surface area contributed by atoms with E-state index in [0.29, 0.717) is 0 Å². The van der Waals surface area contributed by atoms with Gasteiger partial charge in [0.1, 0.15) is 5.75 Å². The van der Waals surface area contributed by atoms with Crippen LogP contribution in [0.1, 0.15) is 47.9 Å². The van der Waals surface area contributed by atoms with Crippen molar-refractivity contribution in [1.29, 1.82) is 0 Å². The Morgan fingerprint density at radius 3 is 2.26 bits per heavy atom. The van der Waals surface area contributed by atoms with Gasteiger partial charge in [-0.1, -0.05) is 18.9 Å². The topological polar surface area (TPSA) is 46.5 Å². The minimum Gasteiger partial charge on any atom is -0.496 e. The van der Waals surface area contributed by atoms with E-state index in [-0.39, 0.29) is 0 Å². The molecule has 1 aliphatic carbocycles. The van der Waals surface area contributed by atoms with Gasteiger partial charge in [-0.15, -0.1) is 0 Å². The summed E-state index contributed by atoms with van der Waals surface area (Å²) >= 11 is 0. The minimum atomic E-state index is -0.689. The largest absolute Gasteiger partial charge is 0.496 e. The molecule has 1 N–H and O–H groups in total. The van der Waals surface area contributed by atoms with Gasteiger partial charge in [0.05, 0.1) is 12.5 Å². The van der Waals surface area contributed by atoms with Crippen molar-refractivity contribution in [2.24, 2.45) is 0 Å². The first-order valence-electron chi connectivity index (χ1n) is 6.82. The lowest BCUT2D eigenvalue weighted by molar-refractivity contribution is -0.143. The highest BCUT2D eigenvalue weighted by atomic mass is 16.5. The fourth-order valence-corrected chi connectivity index (χ4v) is 3.45. The van der Waals surface area contributed by atoms with Crippen molar-refractivity contribution < 1.29 is 14.6 Å². The number of aryl methyl sites for hydroxylation is 1. The summed E-state index contributed by atoms with van der Waals surface area (Å²) in [7, 11) is 1.66. The highest BCUT2D eigenvalue weighted by Gasteiger charge is 2.44. The van der Waals surface area contributed by atoms with E-state index >= 15 is 0 Å². The second kappa shape index (κ2) is 4.87. The van der Waals surface area contributed by atoms with Crippen molar-refractivity contribution >= 4 is 5.97 Å². The van der Waals surface area contributed by atoms with Crippen LogP contribution < -0.4 is 4.74 Å². The van der Waals surface area contributed by atoms with Crippen LogP contribution in [-0.2, 0) is 10.2 Å². The molecule has 0 heterocycles. The highest BCUT2D eigenvalue weighted by molar-refractivity contribution is 5.83. The summed E-state index contributed by atoms with van der Waals surface area (Å²) in [6.07, 6.45) is 3.48. The van der Waals surface area contributed by atoms with E-state index in [4.69, 9.17) is 4.74 Å². The molecule has 1 fully saturated rings. The van der Waals surface area contributed by atoms with Gasteiger partial charge in [0, 0.05) is 0 Å². The monoisotopic (exact) mass is 262 g/mol. The van der Waals surface area contributed by atoms with Crippen molar-refractivity contribution in [1.82, 2.24) is 0 Å². The van der Waals surface area contributed by atoms with Gasteiger partial charge < -0.3 is 9.84 Å². The first-order chi connectivity index (χ1) is 8.94. The van der Waals surface area contributed by atoms with Crippen LogP contribution in [0.5, 0.6) is 5.75 Å². The molecule has 0 saturated heterocycles. The Morgan fingerprint density at radius 1 is 1.21 bits per heavy atom. The Morgan fingerprint density at radius 2 is 1.79 bits per heavy atom. The van der Waals surface area contributed by atoms with Crippen LogP contribution in [0, 0.1) is 20.8 Å². The number of rotatable bonds is 3. The number of methoxy groups -OCH3 is 1. The van der Waals surface area contributed by atoms with Crippen LogP contribution in [0.2, 0.25) is 0 Å². The molecule has 0 amide bonds. The van der Waals surface area contributed by atoms with Crippen LogP contribution >= 0.6 is 0 Å². The molecule has 1 aromatic carbocycles. The van der Waals surface area contributed by atoms with Crippen LogP contribution in [0.3, 0.4) is 0 Å². The van der Waals surface area contributed by atoms with Gasteiger partial charge >= 0.3 is 5.97 Å². The maximum Gasteiger partial charge on any atom is 0.314 e. The number of hydrogen-bond donors (Lipinski definition) is 1. The van der Waals surface area contributed by atoms with Crippen LogP contribution in [-0.4, -0.2) is 18.2 Å². The summed E-state index contributed by atoms with van der Waals surface area (Å²) in [6.45, 7) is 6.00. The zero-order valence-electron chi connectivity index (χ0n) is 12.2. The van der Waals surface area contributed by atoms with Gasteiger partial charge in [-0.3, -0.25) is 4.79 Å². The van der Waals surface area contributed by atoms with Gasteiger partial charge in [-0.2, -0.15) is 0 Å². The van der Waals surface area contributed by atoms with E-state index in [9.17, 15) is 9.90 Å². The van der Waals surface area contributed by atoms with Crippen molar-refractivity contribution in [3.8, 4) is 5.75 Å². The number of carboxylic acid groups (broad SMARTS) is 1. The van der Waals surface area contributed by atoms with Crippen LogP contribution in [0.4, 0.5) is 0 Å². The Balaban J connectivity index is 2.65. The van der Waals surface area contributed by atoms with Crippen molar-refractivity contribution in [3.63, 3.8) is 0 Å². The number of ether oxygens (including phenoxy) is 1. The number of carbonyl (C=O) groups is 1. The first kappa shape index (κ1) is 13.9. The highest BCUT2D eigenvalue weighted by Crippen LogP contribution is 2.45. The van der Waals surface area contributed by atoms with E-state index in [1.165, 1.54) is 0 Å². The summed E-state index contributed by atoms with van der Waals surface area (Å²) in [4.78, 5) is 11.8. The predicted octanol–water partition coefficient (Wildman–Crippen LogP) is 3.52. The van der Waals surface area contributed by atoms with Gasteiger partial charge in [0.15, 0.2) is 0 Å². The van der Waals surface area contributed by atoms with E-state index in [0.717, 1.165) is 53.7 Å². The molecule has 1 aliphatic rings. The number of aliphatic carboxylic acids is 1. The standard InChI is InChI=1S/C16H22O3/c1-10-9-13(11(2)12(3)14(10)19-4)16(15(17)18)7-5-6-8-16/h9H,5-8H2,1-4H3,(H,17,18).